The molecule has 0 aromatic heterocycles. The quantitative estimate of drug-likeness (QED) is 0.398. The number of hydrogen-bond donors (Lipinski definition) is 1. The molecular formula is C15H15N3O3. The molecule has 1 aromatic carbocycles. The number of carbonyl (C=O) groups excluding carboxylic acids is 1. The molecule has 6 heteroatoms. The number of nitro benzene ring substituents is 1. The Morgan fingerprint density at radius 3 is 2.48 bits per heavy atom. The zero-order valence-corrected chi connectivity index (χ0v) is 11.4. The molecule has 0 atom stereocenters. The fourth-order valence-electron chi connectivity index (χ4n) is 2.34. The van der Waals surface area contributed by atoms with Crippen molar-refractivity contribution in [3.8, 4) is 6.07 Å². The minimum atomic E-state index is -0.495. The molecule has 1 saturated carbocycles. The van der Waals surface area contributed by atoms with E-state index in [1.807, 2.05) is 6.07 Å². The molecule has 108 valence electrons. The zero-order chi connectivity index (χ0) is 15.2. The smallest absolute Gasteiger partial charge is 0.269 e. The van der Waals surface area contributed by atoms with Crippen LogP contribution in [0.2, 0.25) is 0 Å². The molecule has 1 amide bonds. The first-order valence-electron chi connectivity index (χ1n) is 6.77. The highest BCUT2D eigenvalue weighted by atomic mass is 16.6. The van der Waals surface area contributed by atoms with Gasteiger partial charge in [-0.25, -0.2) is 0 Å². The summed E-state index contributed by atoms with van der Waals surface area (Å²) in [6.07, 6.45) is 5.52. The van der Waals surface area contributed by atoms with Crippen molar-refractivity contribution in [1.82, 2.24) is 5.32 Å². The minimum absolute atomic E-state index is 0.00996. The van der Waals surface area contributed by atoms with Crippen molar-refractivity contribution < 1.29 is 9.72 Å². The van der Waals surface area contributed by atoms with E-state index < -0.39 is 4.92 Å². The zero-order valence-electron chi connectivity index (χ0n) is 11.4. The first-order chi connectivity index (χ1) is 10.1. The highest BCUT2D eigenvalue weighted by molar-refractivity contribution is 6.01. The molecule has 0 spiro atoms. The molecule has 1 N–H and O–H groups in total. The largest absolute Gasteiger partial charge is 0.349 e. The van der Waals surface area contributed by atoms with Crippen LogP contribution in [0.1, 0.15) is 31.2 Å². The van der Waals surface area contributed by atoms with E-state index >= 15 is 0 Å². The van der Waals surface area contributed by atoms with E-state index in [0.717, 1.165) is 25.7 Å². The van der Waals surface area contributed by atoms with Gasteiger partial charge in [-0.15, -0.1) is 0 Å². The van der Waals surface area contributed by atoms with Gasteiger partial charge in [0.2, 0.25) is 0 Å². The number of rotatable bonds is 4. The van der Waals surface area contributed by atoms with Gasteiger partial charge in [-0.3, -0.25) is 14.9 Å². The molecule has 0 saturated heterocycles. The molecule has 0 heterocycles. The van der Waals surface area contributed by atoms with Crippen LogP contribution in [0, 0.1) is 21.4 Å². The van der Waals surface area contributed by atoms with Crippen LogP contribution in [0.25, 0.3) is 6.08 Å². The van der Waals surface area contributed by atoms with Gasteiger partial charge in [0.15, 0.2) is 0 Å². The van der Waals surface area contributed by atoms with E-state index in [1.54, 1.807) is 0 Å². The topological polar surface area (TPSA) is 96.0 Å². The lowest BCUT2D eigenvalue weighted by molar-refractivity contribution is -0.384. The minimum Gasteiger partial charge on any atom is -0.349 e. The SMILES string of the molecule is N#C/C(=C/c1ccc([N+](=O)[O-])cc1)C(=O)NC1CCCC1. The standard InChI is InChI=1S/C15H15N3O3/c16-10-12(15(19)17-13-3-1-2-4-13)9-11-5-7-14(8-6-11)18(20)21/h5-9,13H,1-4H2,(H,17,19)/b12-9-. The maximum atomic E-state index is 12.0. The van der Waals surface area contributed by atoms with Crippen LogP contribution in [0.5, 0.6) is 0 Å². The molecule has 0 aliphatic heterocycles. The molecule has 6 nitrogen and oxygen atoms in total. The highest BCUT2D eigenvalue weighted by Crippen LogP contribution is 2.18. The van der Waals surface area contributed by atoms with Gasteiger partial charge in [0.05, 0.1) is 4.92 Å². The second-order valence-corrected chi connectivity index (χ2v) is 4.97. The molecule has 1 aromatic rings. The van der Waals surface area contributed by atoms with Gasteiger partial charge in [0.1, 0.15) is 11.6 Å². The number of benzene rings is 1. The summed E-state index contributed by atoms with van der Waals surface area (Å²) in [4.78, 5) is 22.1. The van der Waals surface area contributed by atoms with E-state index in [0.29, 0.717) is 5.56 Å². The maximum absolute atomic E-state index is 12.0. The lowest BCUT2D eigenvalue weighted by Gasteiger charge is -2.10. The summed E-state index contributed by atoms with van der Waals surface area (Å²) >= 11 is 0. The first kappa shape index (κ1) is 14.7. The van der Waals surface area contributed by atoms with Gasteiger partial charge in [0.25, 0.3) is 11.6 Å². The maximum Gasteiger partial charge on any atom is 0.269 e. The summed E-state index contributed by atoms with van der Waals surface area (Å²) in [6, 6.07) is 7.73. The van der Waals surface area contributed by atoms with E-state index in [9.17, 15) is 14.9 Å². The van der Waals surface area contributed by atoms with Crippen LogP contribution in [-0.2, 0) is 4.79 Å². The van der Waals surface area contributed by atoms with E-state index in [4.69, 9.17) is 5.26 Å². The third-order valence-corrected chi connectivity index (χ3v) is 3.47. The third kappa shape index (κ3) is 3.89. The molecular weight excluding hydrogens is 270 g/mol. The summed E-state index contributed by atoms with van der Waals surface area (Å²) in [5.41, 5.74) is 0.565. The van der Waals surface area contributed by atoms with Gasteiger partial charge >= 0.3 is 0 Å². The fraction of sp³-hybridized carbons (Fsp3) is 0.333. The average molecular weight is 285 g/mol. The average Bonchev–Trinajstić information content (AvgIpc) is 2.98. The summed E-state index contributed by atoms with van der Waals surface area (Å²) in [5, 5.41) is 22.5. The van der Waals surface area contributed by atoms with Crippen LogP contribution in [0.4, 0.5) is 5.69 Å². The lowest BCUT2D eigenvalue weighted by atomic mass is 10.1. The number of nitrogens with one attached hydrogen (secondary N) is 1. The molecule has 1 aliphatic rings. The second-order valence-electron chi connectivity index (χ2n) is 4.97. The van der Waals surface area contributed by atoms with Crippen molar-refractivity contribution in [1.29, 1.82) is 5.26 Å². The van der Waals surface area contributed by atoms with Crippen molar-refractivity contribution in [2.75, 3.05) is 0 Å². The van der Waals surface area contributed by atoms with Crippen molar-refractivity contribution in [3.05, 3.63) is 45.5 Å². The molecule has 0 radical (unpaired) electrons. The Bertz CT molecular complexity index is 608. The van der Waals surface area contributed by atoms with Crippen LogP contribution >= 0.6 is 0 Å². The highest BCUT2D eigenvalue weighted by Gasteiger charge is 2.19. The van der Waals surface area contributed by atoms with Gasteiger partial charge in [-0.1, -0.05) is 12.8 Å². The van der Waals surface area contributed by atoms with Crippen molar-refractivity contribution in [3.63, 3.8) is 0 Å². The Kier molecular flexibility index (Phi) is 4.67. The number of nitriles is 1. The fourth-order valence-corrected chi connectivity index (χ4v) is 2.34. The molecule has 0 bridgehead atoms. The Morgan fingerprint density at radius 1 is 1.33 bits per heavy atom. The Hall–Kier alpha value is -2.68. The van der Waals surface area contributed by atoms with Gasteiger partial charge in [-0.05, 0) is 36.6 Å². The molecule has 0 unspecified atom stereocenters. The molecule has 21 heavy (non-hydrogen) atoms. The van der Waals surface area contributed by atoms with Crippen LogP contribution < -0.4 is 5.32 Å². The Morgan fingerprint density at radius 2 is 1.95 bits per heavy atom. The van der Waals surface area contributed by atoms with Gasteiger partial charge < -0.3 is 5.32 Å². The van der Waals surface area contributed by atoms with Gasteiger partial charge in [0, 0.05) is 18.2 Å². The number of nitrogens with zero attached hydrogens (tertiary/aromatic N) is 2. The van der Waals surface area contributed by atoms with Crippen LogP contribution in [0.3, 0.4) is 0 Å². The Labute approximate surface area is 122 Å². The Balaban J connectivity index is 2.10. The monoisotopic (exact) mass is 285 g/mol. The number of hydrogen-bond acceptors (Lipinski definition) is 4. The van der Waals surface area contributed by atoms with Crippen LogP contribution in [-0.4, -0.2) is 16.9 Å². The van der Waals surface area contributed by atoms with E-state index in [2.05, 4.69) is 5.32 Å². The van der Waals surface area contributed by atoms with Crippen LogP contribution in [0.15, 0.2) is 29.8 Å². The van der Waals surface area contributed by atoms with E-state index in [1.165, 1.54) is 30.3 Å². The third-order valence-electron chi connectivity index (χ3n) is 3.47. The molecule has 2 rings (SSSR count). The predicted octanol–water partition coefficient (Wildman–Crippen LogP) is 2.56. The summed E-state index contributed by atoms with van der Waals surface area (Å²) in [7, 11) is 0. The summed E-state index contributed by atoms with van der Waals surface area (Å²) in [5.74, 6) is -0.386. The van der Waals surface area contributed by atoms with Crippen molar-refractivity contribution in [2.24, 2.45) is 0 Å². The second kappa shape index (κ2) is 6.66. The first-order valence-corrected chi connectivity index (χ1v) is 6.77. The number of carbonyl (C=O) groups is 1. The number of non-ortho nitro benzene ring substituents is 1. The van der Waals surface area contributed by atoms with E-state index in [-0.39, 0.29) is 23.2 Å². The van der Waals surface area contributed by atoms with Crippen molar-refractivity contribution in [2.45, 2.75) is 31.7 Å². The number of nitro groups is 1. The predicted molar refractivity (Wildman–Crippen MR) is 77.1 cm³/mol. The van der Waals surface area contributed by atoms with Gasteiger partial charge in [-0.2, -0.15) is 5.26 Å². The number of amides is 1. The van der Waals surface area contributed by atoms with Crippen molar-refractivity contribution >= 4 is 17.7 Å². The molecule has 1 aliphatic carbocycles. The normalized spacial score (nSPS) is 15.5. The lowest BCUT2D eigenvalue weighted by Crippen LogP contribution is -2.33. The summed E-state index contributed by atoms with van der Waals surface area (Å²) < 4.78 is 0. The summed E-state index contributed by atoms with van der Waals surface area (Å²) in [6.45, 7) is 0. The molecule has 1 fully saturated rings.